The average molecular weight is 761 g/mol. The smallest absolute Gasteiger partial charge is 0.312 e. The van der Waals surface area contributed by atoms with Gasteiger partial charge < -0.3 is 24.1 Å². The highest BCUT2D eigenvalue weighted by molar-refractivity contribution is 5.77. The second kappa shape index (κ2) is 17.1. The highest BCUT2D eigenvalue weighted by Crippen LogP contribution is 2.59. The number of methoxy groups -OCH3 is 1. The first kappa shape index (κ1) is 44.6. The fourth-order valence-corrected chi connectivity index (χ4v) is 10.5. The number of aliphatic hydroxyl groups is 1. The number of carbonyl (C=O) groups is 4. The molecule has 8 aliphatic rings. The van der Waals surface area contributed by atoms with Crippen LogP contribution in [0.2, 0.25) is 0 Å². The van der Waals surface area contributed by atoms with E-state index in [1.54, 1.807) is 0 Å². The zero-order valence-corrected chi connectivity index (χ0v) is 35.9. The summed E-state index contributed by atoms with van der Waals surface area (Å²) in [6.45, 7) is 20.5. The van der Waals surface area contributed by atoms with E-state index < -0.39 is 11.0 Å². The van der Waals surface area contributed by atoms with Gasteiger partial charge in [-0.05, 0) is 168 Å². The van der Waals surface area contributed by atoms with Gasteiger partial charge in [-0.15, -0.1) is 0 Å². The van der Waals surface area contributed by atoms with Gasteiger partial charge in [-0.2, -0.15) is 0 Å². The van der Waals surface area contributed by atoms with Crippen LogP contribution < -0.4 is 0 Å². The number of cyclic esters (lactones) is 1. The predicted octanol–water partition coefficient (Wildman–Crippen LogP) is 9.54. The molecule has 1 N–H and O–H groups in total. The zero-order valence-electron chi connectivity index (χ0n) is 35.9. The average Bonchev–Trinajstić information content (AvgIpc) is 3.93. The largest absolute Gasteiger partial charge is 0.469 e. The molecule has 1 heterocycles. The van der Waals surface area contributed by atoms with Gasteiger partial charge in [0, 0.05) is 12.3 Å². The molecule has 6 unspecified atom stereocenters. The Bertz CT molecular complexity index is 1310. The molecule has 0 aromatic rings. The predicted molar refractivity (Wildman–Crippen MR) is 209 cm³/mol. The lowest BCUT2D eigenvalue weighted by atomic mass is 9.52. The summed E-state index contributed by atoms with van der Waals surface area (Å²) in [5.41, 5.74) is -2.10. The molecular weight excluding hydrogens is 684 g/mol. The van der Waals surface area contributed by atoms with Gasteiger partial charge in [0.2, 0.25) is 0 Å². The third-order valence-corrected chi connectivity index (χ3v) is 15.0. The molecule has 9 nitrogen and oxygen atoms in total. The summed E-state index contributed by atoms with van der Waals surface area (Å²) < 4.78 is 21.4. The van der Waals surface area contributed by atoms with E-state index in [4.69, 9.17) is 14.2 Å². The lowest BCUT2D eigenvalue weighted by molar-refractivity contribution is -0.225. The van der Waals surface area contributed by atoms with Crippen LogP contribution in [0, 0.1) is 51.8 Å². The Morgan fingerprint density at radius 3 is 1.69 bits per heavy atom. The second-order valence-electron chi connectivity index (χ2n) is 20.2. The Morgan fingerprint density at radius 1 is 0.741 bits per heavy atom. The Morgan fingerprint density at radius 2 is 1.24 bits per heavy atom. The van der Waals surface area contributed by atoms with E-state index in [-0.39, 0.29) is 45.9 Å². The Labute approximate surface area is 327 Å². The van der Waals surface area contributed by atoms with E-state index in [0.29, 0.717) is 36.0 Å². The van der Waals surface area contributed by atoms with Gasteiger partial charge in [-0.3, -0.25) is 19.2 Å². The first-order valence-electron chi connectivity index (χ1n) is 21.6. The summed E-state index contributed by atoms with van der Waals surface area (Å²) in [6, 6.07) is 0. The summed E-state index contributed by atoms with van der Waals surface area (Å²) in [5.74, 6) is 3.43. The molecule has 0 amide bonds. The standard InChI is InChI=1S/C16H26O3.C13H24O2.C9H12O2.C7H14O2/c1-4-14(2,3)13(17)19-16-8-11-5-12(9-16)7-15(18,6-11)10-16;1-5-12(3,4)11(14)15-13(6-2)9-7-8-10-13;10-9-8-6-2-1-5(3-6)7(8)4-11-9;1-5-7(2,3)6(8)9-4/h11-12,18H,4-10H2,1-3H3;5-10H2,1-4H3;5-8H,1-4H2;5H2,1-4H3. The normalized spacial score (nSPS) is 33.9. The lowest BCUT2D eigenvalue weighted by Gasteiger charge is -2.59. The molecule has 0 spiro atoms. The van der Waals surface area contributed by atoms with Gasteiger partial charge in [-0.25, -0.2) is 0 Å². The minimum atomic E-state index is -0.555. The molecule has 6 bridgehead atoms. The van der Waals surface area contributed by atoms with Crippen molar-refractivity contribution in [2.75, 3.05) is 13.7 Å². The van der Waals surface area contributed by atoms with Gasteiger partial charge in [0.25, 0.3) is 0 Å². The van der Waals surface area contributed by atoms with Crippen LogP contribution in [0.1, 0.15) is 178 Å². The molecule has 6 atom stereocenters. The molecule has 1 aliphatic heterocycles. The Balaban J connectivity index is 0.000000167. The molecule has 8 fully saturated rings. The molecule has 7 aliphatic carbocycles. The molecule has 310 valence electrons. The molecular formula is C45H76O9. The van der Waals surface area contributed by atoms with Crippen molar-refractivity contribution in [3.63, 3.8) is 0 Å². The van der Waals surface area contributed by atoms with Crippen molar-refractivity contribution in [2.24, 2.45) is 51.8 Å². The summed E-state index contributed by atoms with van der Waals surface area (Å²) in [6.07, 6.45) is 17.5. The topological polar surface area (TPSA) is 125 Å². The summed E-state index contributed by atoms with van der Waals surface area (Å²) in [5, 5.41) is 10.6. The maximum atomic E-state index is 12.4. The number of fused-ring (bicyclic) bond motifs is 5. The highest BCUT2D eigenvalue weighted by Gasteiger charge is 2.60. The van der Waals surface area contributed by atoms with E-state index in [2.05, 4.69) is 11.7 Å². The van der Waals surface area contributed by atoms with E-state index in [1.807, 2.05) is 62.3 Å². The second-order valence-corrected chi connectivity index (χ2v) is 20.2. The molecule has 54 heavy (non-hydrogen) atoms. The molecule has 9 heteroatoms. The van der Waals surface area contributed by atoms with Crippen molar-refractivity contribution in [3.8, 4) is 0 Å². The van der Waals surface area contributed by atoms with Gasteiger partial charge in [-0.1, -0.05) is 27.7 Å². The number of carbonyl (C=O) groups excluding carboxylic acids is 4. The quantitative estimate of drug-likeness (QED) is 0.181. The van der Waals surface area contributed by atoms with Crippen LogP contribution in [0.4, 0.5) is 0 Å². The summed E-state index contributed by atoms with van der Waals surface area (Å²) in [4.78, 5) is 46.4. The first-order chi connectivity index (χ1) is 25.1. The van der Waals surface area contributed by atoms with Crippen molar-refractivity contribution >= 4 is 23.9 Å². The number of hydrogen-bond donors (Lipinski definition) is 1. The van der Waals surface area contributed by atoms with Crippen LogP contribution in [0.3, 0.4) is 0 Å². The fourth-order valence-electron chi connectivity index (χ4n) is 10.5. The summed E-state index contributed by atoms with van der Waals surface area (Å²) in [7, 11) is 1.42. The van der Waals surface area contributed by atoms with E-state index in [1.165, 1.54) is 45.6 Å². The van der Waals surface area contributed by atoms with Gasteiger partial charge >= 0.3 is 23.9 Å². The highest BCUT2D eigenvalue weighted by atomic mass is 16.6. The Kier molecular flexibility index (Phi) is 14.1. The SMILES string of the molecule is CCC(C)(C)C(=O)OC.CCC(C)(C)C(=O)OC12CC3CC(CC(O)(C3)C1)C2.CCC1(OC(=O)C(C)(C)CC)CCCC1.O=C1OCC2C3CCC(C3)C12. The first-order valence-corrected chi connectivity index (χ1v) is 21.6. The van der Waals surface area contributed by atoms with Crippen LogP contribution in [-0.2, 0) is 38.1 Å². The molecule has 8 rings (SSSR count). The zero-order chi connectivity index (χ0) is 40.3. The van der Waals surface area contributed by atoms with Crippen molar-refractivity contribution in [3.05, 3.63) is 0 Å². The minimum Gasteiger partial charge on any atom is -0.469 e. The van der Waals surface area contributed by atoms with Crippen molar-refractivity contribution in [1.29, 1.82) is 0 Å². The molecule has 1 saturated heterocycles. The number of esters is 4. The van der Waals surface area contributed by atoms with Crippen molar-refractivity contribution in [2.45, 2.75) is 195 Å². The van der Waals surface area contributed by atoms with Crippen molar-refractivity contribution in [1.82, 2.24) is 0 Å². The van der Waals surface area contributed by atoms with E-state index >= 15 is 0 Å². The number of ether oxygens (including phenoxy) is 4. The van der Waals surface area contributed by atoms with E-state index in [9.17, 15) is 24.3 Å². The van der Waals surface area contributed by atoms with Crippen LogP contribution in [0.25, 0.3) is 0 Å². The van der Waals surface area contributed by atoms with Gasteiger partial charge in [0.1, 0.15) is 11.2 Å². The maximum Gasteiger partial charge on any atom is 0.312 e. The third kappa shape index (κ3) is 10.0. The Hall–Kier alpha value is -2.16. The molecule has 0 aromatic heterocycles. The molecule has 0 aromatic carbocycles. The van der Waals surface area contributed by atoms with Crippen LogP contribution in [0.15, 0.2) is 0 Å². The minimum absolute atomic E-state index is 0.0197. The molecule has 0 radical (unpaired) electrons. The van der Waals surface area contributed by atoms with Crippen LogP contribution in [-0.4, -0.2) is 59.5 Å². The van der Waals surface area contributed by atoms with E-state index in [0.717, 1.165) is 76.7 Å². The number of hydrogen-bond acceptors (Lipinski definition) is 9. The van der Waals surface area contributed by atoms with Crippen molar-refractivity contribution < 1.29 is 43.2 Å². The lowest BCUT2D eigenvalue weighted by Crippen LogP contribution is -2.61. The number of rotatable bonds is 9. The van der Waals surface area contributed by atoms with Gasteiger partial charge in [0.15, 0.2) is 0 Å². The molecule has 7 saturated carbocycles. The third-order valence-electron chi connectivity index (χ3n) is 15.0. The monoisotopic (exact) mass is 761 g/mol. The van der Waals surface area contributed by atoms with Crippen LogP contribution >= 0.6 is 0 Å². The van der Waals surface area contributed by atoms with Crippen LogP contribution in [0.5, 0.6) is 0 Å². The van der Waals surface area contributed by atoms with Gasteiger partial charge in [0.05, 0.1) is 41.5 Å². The maximum absolute atomic E-state index is 12.4. The summed E-state index contributed by atoms with van der Waals surface area (Å²) >= 11 is 0. The fraction of sp³-hybridized carbons (Fsp3) is 0.911.